The van der Waals surface area contributed by atoms with Crippen molar-refractivity contribution in [2.45, 2.75) is 0 Å². The van der Waals surface area contributed by atoms with Crippen LogP contribution in [0, 0.1) is 0 Å². The van der Waals surface area contributed by atoms with E-state index in [-0.39, 0.29) is 18.6 Å². The van der Waals surface area contributed by atoms with E-state index >= 15 is 0 Å². The summed E-state index contributed by atoms with van der Waals surface area (Å²) in [6.07, 6.45) is 0. The van der Waals surface area contributed by atoms with Crippen LogP contribution < -0.4 is 20.8 Å². The number of rotatable bonds is 0. The van der Waals surface area contributed by atoms with Gasteiger partial charge in [-0.15, -0.1) is 0 Å². The predicted molar refractivity (Wildman–Crippen MR) is 32.2 cm³/mol. The van der Waals surface area contributed by atoms with Crippen molar-refractivity contribution in [3.63, 3.8) is 0 Å². The van der Waals surface area contributed by atoms with Gasteiger partial charge in [-0.25, -0.2) is 0 Å². The van der Waals surface area contributed by atoms with Gasteiger partial charge in [0.05, 0.1) is 0 Å². The van der Waals surface area contributed by atoms with Gasteiger partial charge in [-0.1, -0.05) is 0 Å². The largest absolute Gasteiger partial charge is 5.00 e. The average molecular weight is 346 g/mol. The molecule has 0 saturated heterocycles. The van der Waals surface area contributed by atoms with Crippen LogP contribution >= 0.6 is 0 Å². The summed E-state index contributed by atoms with van der Waals surface area (Å²) in [6.45, 7) is 0. The average Bonchev–Trinajstić information content (AvgIpc) is 2.09. The van der Waals surface area contributed by atoms with Crippen molar-refractivity contribution in [2.24, 2.45) is 0 Å². The quantitative estimate of drug-likeness (QED) is 0.379. The third kappa shape index (κ3) is 1990. The van der Waals surface area contributed by atoms with Crippen molar-refractivity contribution in [1.82, 2.24) is 0 Å². The van der Waals surface area contributed by atoms with E-state index in [4.69, 9.17) is 39.8 Å². The predicted octanol–water partition coefficient (Wildman–Crippen LogP) is -8.45. The van der Waals surface area contributed by atoms with Crippen molar-refractivity contribution in [1.29, 1.82) is 0 Å². The van der Waals surface area contributed by atoms with E-state index in [1.54, 1.807) is 0 Å². The first-order valence-corrected chi connectivity index (χ1v) is 7.07. The van der Waals surface area contributed by atoms with Gasteiger partial charge < -0.3 is 0 Å². The molecular weight excluding hydrogens is 346 g/mol. The maximum Gasteiger partial charge on any atom is 5.00 e. The van der Waals surface area contributed by atoms with E-state index in [2.05, 4.69) is 0 Å². The van der Waals surface area contributed by atoms with Gasteiger partial charge in [0.15, 0.2) is 0 Å². The van der Waals surface area contributed by atoms with Crippen LogP contribution in [0.25, 0.3) is 0 Å². The molecule has 0 fully saturated rings. The van der Waals surface area contributed by atoms with Gasteiger partial charge >= 0.3 is 136 Å². The van der Waals surface area contributed by atoms with Crippen LogP contribution in [0.2, 0.25) is 0 Å². The van der Waals surface area contributed by atoms with E-state index in [1.165, 1.54) is 0 Å². The van der Waals surface area contributed by atoms with Gasteiger partial charge in [0.25, 0.3) is 0 Å². The van der Waals surface area contributed by atoms with Crippen molar-refractivity contribution >= 4 is 77.4 Å². The maximum absolute atomic E-state index is 8.46. The van der Waals surface area contributed by atoms with E-state index in [0.29, 0.717) is 0 Å². The first kappa shape index (κ1) is 36.0. The Hall–Kier alpha value is 1.25. The van der Waals surface area contributed by atoms with Gasteiger partial charge in [0.2, 0.25) is 0 Å². The Bertz CT molecular complexity index is 91.5. The summed E-state index contributed by atoms with van der Waals surface area (Å²) in [4.78, 5) is 0. The van der Waals surface area contributed by atoms with E-state index in [1.807, 2.05) is 0 Å². The molecule has 0 radical (unpaired) electrons. The zero-order chi connectivity index (χ0) is 13.5. The van der Waals surface area contributed by atoms with E-state index < -0.39 is 77.4 Å². The molecule has 16 heavy (non-hydrogen) atoms. The molecule has 0 aliphatic heterocycles. The minimum Gasteiger partial charge on any atom is 5.00 e. The second-order valence-electron chi connectivity index (χ2n) is 0.481. The second-order valence-corrected chi connectivity index (χ2v) is 1.44. The smallest absolute Gasteiger partial charge is 5.00 e. The van der Waals surface area contributed by atoms with E-state index in [9.17, 15) is 0 Å². The molecule has 0 saturated carbocycles. The summed E-state index contributed by atoms with van der Waals surface area (Å²) in [5.74, 6) is 0. The molecule has 0 amide bonds. The third-order valence-corrected chi connectivity index (χ3v) is 0. The van der Waals surface area contributed by atoms with Crippen LogP contribution in [0.4, 0.5) is 0 Å². The SMILES string of the molecule is [O]=[Al][O-].[O]=[Al][O-].[O]=[Al][O-].[O]=[Al][O-].[O]=[Al][O-].[V+5]. The van der Waals surface area contributed by atoms with Gasteiger partial charge in [0.1, 0.15) is 0 Å². The van der Waals surface area contributed by atoms with Crippen LogP contribution in [0.5, 0.6) is 0 Å². The Morgan fingerprint density at radius 2 is 0.438 bits per heavy atom. The molecule has 0 heterocycles. The van der Waals surface area contributed by atoms with Crippen molar-refractivity contribution in [3.05, 3.63) is 0 Å². The normalized spacial score (nSPS) is 2.50. The molecule has 0 aliphatic rings. The molecule has 0 aromatic rings. The fraction of sp³-hybridized carbons (Fsp3) is 0. The van der Waals surface area contributed by atoms with Crippen molar-refractivity contribution in [2.75, 3.05) is 0 Å². The van der Waals surface area contributed by atoms with Crippen molar-refractivity contribution < 1.29 is 58.4 Å². The van der Waals surface area contributed by atoms with Crippen LogP contribution in [-0.4, -0.2) is 77.4 Å². The molecule has 16 heteroatoms. The van der Waals surface area contributed by atoms with Gasteiger partial charge in [-0.3, -0.25) is 0 Å². The zero-order valence-electron chi connectivity index (χ0n) is 7.42. The molecule has 0 spiro atoms. The fourth-order valence-electron chi connectivity index (χ4n) is 0. The summed E-state index contributed by atoms with van der Waals surface area (Å²) in [6, 6.07) is 0. The Balaban J connectivity index is -0.0000000192. The summed E-state index contributed by atoms with van der Waals surface area (Å²) in [5.41, 5.74) is 0. The standard InChI is InChI=1S/5Al.10O.V/q;;;;;;;;;;5*-1;+5. The molecule has 0 aromatic carbocycles. The molecule has 10 nitrogen and oxygen atoms in total. The molecule has 0 atom stereocenters. The molecule has 0 N–H and O–H groups in total. The second kappa shape index (κ2) is 96.8. The fourth-order valence-corrected chi connectivity index (χ4v) is 0. The van der Waals surface area contributed by atoms with Crippen molar-refractivity contribution in [3.8, 4) is 0 Å². The Labute approximate surface area is 134 Å². The molecule has 0 bridgehead atoms. The molecule has 0 rings (SSSR count). The number of hydrogen-bond donors (Lipinski definition) is 0. The topological polar surface area (TPSA) is 201 Å². The maximum atomic E-state index is 8.46. The van der Waals surface area contributed by atoms with Gasteiger partial charge in [0, 0.05) is 0 Å². The van der Waals surface area contributed by atoms with Crippen LogP contribution in [0.1, 0.15) is 0 Å². The summed E-state index contributed by atoms with van der Waals surface area (Å²) < 4.78 is 84.6. The molecular formula is Al5O10V. The first-order valence-electron chi connectivity index (χ1n) is 2.36. The number of hydrogen-bond acceptors (Lipinski definition) is 10. The zero-order valence-corrected chi connectivity index (χ0v) is 14.6. The Morgan fingerprint density at radius 3 is 0.438 bits per heavy atom. The molecule has 0 aromatic heterocycles. The van der Waals surface area contributed by atoms with E-state index in [0.717, 1.165) is 0 Å². The Kier molecular flexibility index (Phi) is 218. The molecule has 0 aliphatic carbocycles. The molecule has 80 valence electrons. The monoisotopic (exact) mass is 346 g/mol. The van der Waals surface area contributed by atoms with Crippen LogP contribution in [0.15, 0.2) is 0 Å². The van der Waals surface area contributed by atoms with Gasteiger partial charge in [-0.2, -0.15) is 0 Å². The Morgan fingerprint density at radius 1 is 0.438 bits per heavy atom. The molecule has 0 unspecified atom stereocenters. The first-order chi connectivity index (χ1) is 7.07. The third-order valence-electron chi connectivity index (χ3n) is 0. The summed E-state index contributed by atoms with van der Waals surface area (Å²) >= 11 is -8.75. The van der Waals surface area contributed by atoms with Crippen LogP contribution in [-0.2, 0) is 37.6 Å². The minimum atomic E-state index is -1.75. The minimum absolute atomic E-state index is 0. The summed E-state index contributed by atoms with van der Waals surface area (Å²) in [7, 11) is 0. The van der Waals surface area contributed by atoms with Gasteiger partial charge in [-0.05, 0) is 0 Å². The summed E-state index contributed by atoms with van der Waals surface area (Å²) in [5, 5.41) is 0. The van der Waals surface area contributed by atoms with Crippen LogP contribution in [0.3, 0.4) is 0 Å².